The number of para-hydroxylation sites is 1. The smallest absolute Gasteiger partial charge is 0.246 e. The van der Waals surface area contributed by atoms with Crippen molar-refractivity contribution in [1.29, 1.82) is 5.26 Å². The molecule has 0 saturated heterocycles. The zero-order valence-corrected chi connectivity index (χ0v) is 10.5. The predicted molar refractivity (Wildman–Crippen MR) is 66.2 cm³/mol. The van der Waals surface area contributed by atoms with Crippen molar-refractivity contribution in [2.45, 2.75) is 6.10 Å². The van der Waals surface area contributed by atoms with Gasteiger partial charge in [-0.3, -0.25) is 0 Å². The number of aliphatic hydroxyl groups excluding tert-OH is 1. The Morgan fingerprint density at radius 2 is 2.24 bits per heavy atom. The quantitative estimate of drug-likeness (QED) is 0.880. The summed E-state index contributed by atoms with van der Waals surface area (Å²) >= 11 is 3.15. The van der Waals surface area contributed by atoms with Gasteiger partial charge in [0, 0.05) is 5.33 Å². The highest BCUT2D eigenvalue weighted by Crippen LogP contribution is 2.32. The molecule has 5 heteroatoms. The number of hydrogen-bond donors (Lipinski definition) is 1. The molecule has 2 rings (SSSR count). The van der Waals surface area contributed by atoms with E-state index in [9.17, 15) is 5.11 Å². The second-order valence-corrected chi connectivity index (χ2v) is 4.13. The van der Waals surface area contributed by atoms with Gasteiger partial charge in [-0.05, 0) is 12.1 Å². The first kappa shape index (κ1) is 12.0. The van der Waals surface area contributed by atoms with E-state index in [1.165, 1.54) is 0 Å². The van der Waals surface area contributed by atoms with Crippen LogP contribution in [0.1, 0.15) is 5.76 Å². The minimum Gasteiger partial charge on any atom is -0.485 e. The number of ether oxygens (including phenoxy) is 1. The molecule has 0 aliphatic heterocycles. The van der Waals surface area contributed by atoms with E-state index in [1.807, 2.05) is 24.3 Å². The van der Waals surface area contributed by atoms with E-state index in [0.29, 0.717) is 16.7 Å². The third kappa shape index (κ3) is 2.43. The fraction of sp³-hybridized carbons (Fsp3) is 0.250. The molecular weight excluding hydrogens is 286 g/mol. The zero-order valence-electron chi connectivity index (χ0n) is 8.89. The van der Waals surface area contributed by atoms with Gasteiger partial charge >= 0.3 is 0 Å². The number of benzene rings is 1. The average Bonchev–Trinajstić information content (AvgIpc) is 2.73. The molecule has 0 aliphatic rings. The van der Waals surface area contributed by atoms with Crippen molar-refractivity contribution in [2.24, 2.45) is 0 Å². The minimum absolute atomic E-state index is 0.115. The lowest BCUT2D eigenvalue weighted by atomic mass is 10.2. The molecular formula is C12H10BrNO3. The molecule has 1 aromatic heterocycles. The number of alkyl halides is 1. The number of fused-ring (bicyclic) bond motifs is 1. The van der Waals surface area contributed by atoms with Crippen molar-refractivity contribution < 1.29 is 14.3 Å². The highest BCUT2D eigenvalue weighted by molar-refractivity contribution is 9.09. The molecule has 0 bridgehead atoms. The number of halogens is 1. The first-order chi connectivity index (χ1) is 8.26. The van der Waals surface area contributed by atoms with E-state index in [0.717, 1.165) is 5.39 Å². The van der Waals surface area contributed by atoms with E-state index >= 15 is 0 Å². The lowest BCUT2D eigenvalue weighted by molar-refractivity contribution is 0.127. The van der Waals surface area contributed by atoms with Gasteiger partial charge in [0.2, 0.25) is 5.76 Å². The van der Waals surface area contributed by atoms with Crippen molar-refractivity contribution in [1.82, 2.24) is 0 Å². The fourth-order valence-corrected chi connectivity index (χ4v) is 1.65. The van der Waals surface area contributed by atoms with Crippen LogP contribution in [0.15, 0.2) is 28.7 Å². The van der Waals surface area contributed by atoms with Crippen molar-refractivity contribution in [3.05, 3.63) is 30.0 Å². The molecule has 0 amide bonds. The highest BCUT2D eigenvalue weighted by Gasteiger charge is 2.16. The number of nitrogens with zero attached hydrogens (tertiary/aromatic N) is 1. The molecule has 4 nitrogen and oxygen atoms in total. The normalized spacial score (nSPS) is 12.3. The van der Waals surface area contributed by atoms with Gasteiger partial charge in [0.25, 0.3) is 0 Å². The van der Waals surface area contributed by atoms with Crippen LogP contribution in [0.2, 0.25) is 0 Å². The molecule has 17 heavy (non-hydrogen) atoms. The average molecular weight is 296 g/mol. The highest BCUT2D eigenvalue weighted by atomic mass is 79.9. The Balaban J connectivity index is 2.34. The Bertz CT molecular complexity index is 558. The summed E-state index contributed by atoms with van der Waals surface area (Å²) in [6.45, 7) is 0.115. The molecule has 1 unspecified atom stereocenters. The number of rotatable bonds is 4. The van der Waals surface area contributed by atoms with Gasteiger partial charge in [0.15, 0.2) is 5.75 Å². The van der Waals surface area contributed by atoms with Gasteiger partial charge in [-0.1, -0.05) is 28.1 Å². The summed E-state index contributed by atoms with van der Waals surface area (Å²) in [7, 11) is 0. The summed E-state index contributed by atoms with van der Waals surface area (Å²) in [4.78, 5) is 0. The topological polar surface area (TPSA) is 66.4 Å². The van der Waals surface area contributed by atoms with Gasteiger partial charge in [-0.15, -0.1) is 0 Å². The molecule has 0 spiro atoms. The predicted octanol–water partition coefficient (Wildman–Crippen LogP) is 2.44. The summed E-state index contributed by atoms with van der Waals surface area (Å²) in [5.74, 6) is 0.524. The Labute approximate surface area is 107 Å². The molecule has 1 heterocycles. The van der Waals surface area contributed by atoms with Gasteiger partial charge < -0.3 is 14.3 Å². The van der Waals surface area contributed by atoms with Crippen molar-refractivity contribution >= 4 is 26.9 Å². The molecule has 1 atom stereocenters. The lowest BCUT2D eigenvalue weighted by Gasteiger charge is -2.08. The molecule has 0 radical (unpaired) electrons. The third-order valence-corrected chi connectivity index (χ3v) is 3.00. The molecule has 0 fully saturated rings. The summed E-state index contributed by atoms with van der Waals surface area (Å²) < 4.78 is 10.8. The molecule has 88 valence electrons. The molecule has 2 aromatic rings. The monoisotopic (exact) mass is 295 g/mol. The Kier molecular flexibility index (Phi) is 3.67. The molecule has 0 aliphatic carbocycles. The standard InChI is InChI=1S/C12H10BrNO3/c13-5-8(15)7-16-12-9-3-1-2-4-10(9)17-11(12)6-14/h1-4,8,15H,5,7H2. The van der Waals surface area contributed by atoms with E-state index in [4.69, 9.17) is 14.4 Å². The van der Waals surface area contributed by atoms with Crippen molar-refractivity contribution in [3.8, 4) is 11.8 Å². The fourth-order valence-electron chi connectivity index (χ4n) is 1.46. The number of aliphatic hydroxyl groups is 1. The number of hydrogen-bond acceptors (Lipinski definition) is 4. The SMILES string of the molecule is N#Cc1oc2ccccc2c1OCC(O)CBr. The van der Waals surface area contributed by atoms with Gasteiger partial charge in [0.05, 0.1) is 11.5 Å². The minimum atomic E-state index is -0.616. The van der Waals surface area contributed by atoms with Crippen LogP contribution < -0.4 is 4.74 Å². The summed E-state index contributed by atoms with van der Waals surface area (Å²) in [5, 5.41) is 19.5. The van der Waals surface area contributed by atoms with E-state index < -0.39 is 6.10 Å². The van der Waals surface area contributed by atoms with E-state index in [2.05, 4.69) is 15.9 Å². The molecule has 0 saturated carbocycles. The first-order valence-corrected chi connectivity index (χ1v) is 6.17. The Morgan fingerprint density at radius 1 is 1.47 bits per heavy atom. The summed E-state index contributed by atoms with van der Waals surface area (Å²) in [5.41, 5.74) is 0.604. The molecule has 1 N–H and O–H groups in total. The Hall–Kier alpha value is -1.51. The van der Waals surface area contributed by atoms with Crippen molar-refractivity contribution in [3.63, 3.8) is 0 Å². The van der Waals surface area contributed by atoms with Crippen LogP contribution in [0.25, 0.3) is 11.0 Å². The van der Waals surface area contributed by atoms with Crippen molar-refractivity contribution in [2.75, 3.05) is 11.9 Å². The van der Waals surface area contributed by atoms with Crippen LogP contribution in [0.5, 0.6) is 5.75 Å². The molecule has 1 aromatic carbocycles. The maximum absolute atomic E-state index is 9.41. The van der Waals surface area contributed by atoms with Gasteiger partial charge in [-0.2, -0.15) is 5.26 Å². The van der Waals surface area contributed by atoms with Gasteiger partial charge in [0.1, 0.15) is 18.3 Å². The number of nitriles is 1. The second-order valence-electron chi connectivity index (χ2n) is 3.49. The summed E-state index contributed by atoms with van der Waals surface area (Å²) in [6, 6.07) is 9.19. The zero-order chi connectivity index (χ0) is 12.3. The first-order valence-electron chi connectivity index (χ1n) is 5.04. The third-order valence-electron chi connectivity index (χ3n) is 2.25. The van der Waals surface area contributed by atoms with Crippen LogP contribution in [-0.4, -0.2) is 23.1 Å². The van der Waals surface area contributed by atoms with Crippen LogP contribution in [-0.2, 0) is 0 Å². The number of furan rings is 1. The maximum atomic E-state index is 9.41. The largest absolute Gasteiger partial charge is 0.485 e. The maximum Gasteiger partial charge on any atom is 0.246 e. The van der Waals surface area contributed by atoms with Crippen LogP contribution in [0.3, 0.4) is 0 Å². The Morgan fingerprint density at radius 3 is 2.94 bits per heavy atom. The van der Waals surface area contributed by atoms with E-state index in [1.54, 1.807) is 6.07 Å². The van der Waals surface area contributed by atoms with E-state index in [-0.39, 0.29) is 12.4 Å². The van der Waals surface area contributed by atoms with Gasteiger partial charge in [-0.25, -0.2) is 0 Å². The van der Waals surface area contributed by atoms with Crippen LogP contribution >= 0.6 is 15.9 Å². The van der Waals surface area contributed by atoms with Crippen LogP contribution in [0.4, 0.5) is 0 Å². The summed E-state index contributed by atoms with van der Waals surface area (Å²) in [6.07, 6.45) is -0.616. The second kappa shape index (κ2) is 5.21. The lowest BCUT2D eigenvalue weighted by Crippen LogP contribution is -2.18. The van der Waals surface area contributed by atoms with Crippen LogP contribution in [0, 0.1) is 11.3 Å².